The van der Waals surface area contributed by atoms with Gasteiger partial charge in [-0.15, -0.1) is 0 Å². The molecule has 20 heavy (non-hydrogen) atoms. The quantitative estimate of drug-likeness (QED) is 0.702. The van der Waals surface area contributed by atoms with Crippen molar-refractivity contribution in [2.24, 2.45) is 5.92 Å². The number of aromatic amines is 1. The van der Waals surface area contributed by atoms with E-state index in [1.807, 2.05) is 12.4 Å². The molecule has 3 aromatic rings. The number of aromatic nitrogens is 3. The van der Waals surface area contributed by atoms with Crippen molar-refractivity contribution in [1.29, 1.82) is 0 Å². The molecule has 3 aromatic heterocycles. The summed E-state index contributed by atoms with van der Waals surface area (Å²) in [7, 11) is 0. The molecular formula is C17H23N3. The van der Waals surface area contributed by atoms with E-state index < -0.39 is 0 Å². The summed E-state index contributed by atoms with van der Waals surface area (Å²) in [4.78, 5) is 7.70. The number of H-pyrrole nitrogens is 1. The first-order chi connectivity index (χ1) is 9.76. The van der Waals surface area contributed by atoms with Crippen LogP contribution in [-0.2, 0) is 0 Å². The summed E-state index contributed by atoms with van der Waals surface area (Å²) in [5.74, 6) is 0.697. The Morgan fingerprint density at radius 1 is 1.30 bits per heavy atom. The Balaban J connectivity index is 2.17. The van der Waals surface area contributed by atoms with Crippen LogP contribution >= 0.6 is 0 Å². The Bertz CT molecular complexity index is 707. The molecule has 0 amide bonds. The number of hydrogen-bond donors (Lipinski definition) is 1. The molecule has 0 saturated heterocycles. The molecule has 1 N–H and O–H groups in total. The summed E-state index contributed by atoms with van der Waals surface area (Å²) >= 11 is 0. The lowest BCUT2D eigenvalue weighted by Crippen LogP contribution is -2.15. The zero-order valence-electron chi connectivity index (χ0n) is 12.6. The minimum atomic E-state index is 0.563. The molecule has 0 radical (unpaired) electrons. The first-order valence-corrected chi connectivity index (χ1v) is 7.68. The molecule has 3 heteroatoms. The predicted molar refractivity (Wildman–Crippen MR) is 85.0 cm³/mol. The van der Waals surface area contributed by atoms with E-state index in [0.29, 0.717) is 12.0 Å². The Morgan fingerprint density at radius 2 is 2.15 bits per heavy atom. The van der Waals surface area contributed by atoms with Crippen LogP contribution in [-0.4, -0.2) is 14.5 Å². The number of nitrogens with one attached hydrogen (secondary N) is 1. The van der Waals surface area contributed by atoms with Gasteiger partial charge in [0.15, 0.2) is 0 Å². The summed E-state index contributed by atoms with van der Waals surface area (Å²) in [5, 5.41) is 2.47. The Kier molecular flexibility index (Phi) is 3.51. The third-order valence-corrected chi connectivity index (χ3v) is 4.44. The van der Waals surface area contributed by atoms with Crippen molar-refractivity contribution in [2.75, 3.05) is 0 Å². The minimum absolute atomic E-state index is 0.563. The summed E-state index contributed by atoms with van der Waals surface area (Å²) in [5.41, 5.74) is 2.31. The number of nitrogens with zero attached hydrogens (tertiary/aromatic N) is 2. The van der Waals surface area contributed by atoms with Crippen LogP contribution in [0.5, 0.6) is 0 Å². The molecule has 0 aliphatic rings. The van der Waals surface area contributed by atoms with Crippen LogP contribution in [0.1, 0.15) is 46.1 Å². The maximum Gasteiger partial charge on any atom is 0.139 e. The number of fused-ring (bicyclic) bond motifs is 3. The zero-order valence-corrected chi connectivity index (χ0v) is 12.6. The van der Waals surface area contributed by atoms with Gasteiger partial charge < -0.3 is 9.55 Å². The van der Waals surface area contributed by atoms with Gasteiger partial charge in [0, 0.05) is 35.4 Å². The first kappa shape index (κ1) is 13.2. The molecule has 0 saturated carbocycles. The molecule has 0 aromatic carbocycles. The fraction of sp³-hybridized carbons (Fsp3) is 0.471. The summed E-state index contributed by atoms with van der Waals surface area (Å²) in [6, 6.07) is 4.89. The van der Waals surface area contributed by atoms with E-state index in [1.54, 1.807) is 0 Å². The van der Waals surface area contributed by atoms with E-state index in [-0.39, 0.29) is 0 Å². The molecule has 0 spiro atoms. The lowest BCUT2D eigenvalue weighted by molar-refractivity contribution is 0.330. The van der Waals surface area contributed by atoms with Crippen LogP contribution in [0, 0.1) is 5.92 Å². The molecule has 0 aliphatic carbocycles. The molecule has 3 nitrogen and oxygen atoms in total. The highest BCUT2D eigenvalue weighted by Gasteiger charge is 2.19. The van der Waals surface area contributed by atoms with Crippen molar-refractivity contribution in [3.63, 3.8) is 0 Å². The predicted octanol–water partition coefficient (Wildman–Crippen LogP) is 4.90. The van der Waals surface area contributed by atoms with Gasteiger partial charge in [-0.3, -0.25) is 0 Å². The van der Waals surface area contributed by atoms with Crippen LogP contribution in [0.3, 0.4) is 0 Å². The largest absolute Gasteiger partial charge is 0.346 e. The molecule has 0 bridgehead atoms. The van der Waals surface area contributed by atoms with Crippen LogP contribution in [0.25, 0.3) is 21.9 Å². The average molecular weight is 269 g/mol. The monoisotopic (exact) mass is 269 g/mol. The van der Waals surface area contributed by atoms with Gasteiger partial charge in [0.2, 0.25) is 0 Å². The van der Waals surface area contributed by atoms with Crippen molar-refractivity contribution in [2.45, 2.75) is 46.1 Å². The van der Waals surface area contributed by atoms with Gasteiger partial charge >= 0.3 is 0 Å². The van der Waals surface area contributed by atoms with Crippen LogP contribution < -0.4 is 0 Å². The van der Waals surface area contributed by atoms with Crippen LogP contribution in [0.2, 0.25) is 0 Å². The second kappa shape index (κ2) is 5.31. The smallest absolute Gasteiger partial charge is 0.139 e. The summed E-state index contributed by atoms with van der Waals surface area (Å²) < 4.78 is 2.47. The Labute approximate surface area is 120 Å². The van der Waals surface area contributed by atoms with E-state index in [1.165, 1.54) is 35.6 Å². The highest BCUT2D eigenvalue weighted by atomic mass is 15.0. The molecule has 2 atom stereocenters. The number of rotatable bonds is 5. The summed E-state index contributed by atoms with van der Waals surface area (Å²) in [6.07, 6.45) is 9.88. The normalized spacial score (nSPS) is 14.9. The fourth-order valence-electron chi connectivity index (χ4n) is 3.45. The number of pyridine rings is 1. The van der Waals surface area contributed by atoms with Crippen molar-refractivity contribution in [3.8, 4) is 0 Å². The van der Waals surface area contributed by atoms with Crippen molar-refractivity contribution in [1.82, 2.24) is 14.5 Å². The van der Waals surface area contributed by atoms with Gasteiger partial charge in [0.25, 0.3) is 0 Å². The topological polar surface area (TPSA) is 33.6 Å². The highest BCUT2D eigenvalue weighted by Crippen LogP contribution is 2.32. The molecular weight excluding hydrogens is 246 g/mol. The average Bonchev–Trinajstić information content (AvgIpc) is 3.05. The molecule has 3 heterocycles. The van der Waals surface area contributed by atoms with E-state index in [0.717, 1.165) is 5.65 Å². The summed E-state index contributed by atoms with van der Waals surface area (Å²) in [6.45, 7) is 6.93. The molecule has 3 rings (SSSR count). The SMILES string of the molecule is CCCC(C)C(CC)n1ccc2cnc3[nH]ccc3c21. The fourth-order valence-corrected chi connectivity index (χ4v) is 3.45. The van der Waals surface area contributed by atoms with E-state index in [9.17, 15) is 0 Å². The lowest BCUT2D eigenvalue weighted by atomic mass is 9.94. The molecule has 106 valence electrons. The van der Waals surface area contributed by atoms with Gasteiger partial charge in [0.05, 0.1) is 5.52 Å². The Morgan fingerprint density at radius 3 is 2.90 bits per heavy atom. The second-order valence-electron chi connectivity index (χ2n) is 5.77. The zero-order chi connectivity index (χ0) is 14.1. The highest BCUT2D eigenvalue weighted by molar-refractivity contribution is 6.02. The standard InChI is InChI=1S/C17H23N3/c1-4-6-12(3)15(5-2)20-10-8-13-11-19-17-14(16(13)20)7-9-18-17/h7-12,15H,4-6H2,1-3H3,(H,18,19). The second-order valence-corrected chi connectivity index (χ2v) is 5.77. The van der Waals surface area contributed by atoms with E-state index >= 15 is 0 Å². The number of hydrogen-bond acceptors (Lipinski definition) is 1. The lowest BCUT2D eigenvalue weighted by Gasteiger charge is -2.25. The van der Waals surface area contributed by atoms with Gasteiger partial charge in [-0.25, -0.2) is 4.98 Å². The van der Waals surface area contributed by atoms with Crippen LogP contribution in [0.15, 0.2) is 30.7 Å². The van der Waals surface area contributed by atoms with Crippen molar-refractivity contribution < 1.29 is 0 Å². The Hall–Kier alpha value is -1.77. The maximum atomic E-state index is 4.48. The van der Waals surface area contributed by atoms with E-state index in [4.69, 9.17) is 0 Å². The van der Waals surface area contributed by atoms with Gasteiger partial charge in [-0.2, -0.15) is 0 Å². The third-order valence-electron chi connectivity index (χ3n) is 4.44. The molecule has 2 unspecified atom stereocenters. The molecule has 0 aliphatic heterocycles. The van der Waals surface area contributed by atoms with E-state index in [2.05, 4.69) is 53.6 Å². The van der Waals surface area contributed by atoms with Gasteiger partial charge in [-0.1, -0.05) is 27.2 Å². The molecule has 0 fully saturated rings. The minimum Gasteiger partial charge on any atom is -0.346 e. The van der Waals surface area contributed by atoms with Gasteiger partial charge in [0.1, 0.15) is 5.65 Å². The van der Waals surface area contributed by atoms with Gasteiger partial charge in [-0.05, 0) is 30.9 Å². The maximum absolute atomic E-state index is 4.48. The van der Waals surface area contributed by atoms with Crippen molar-refractivity contribution in [3.05, 3.63) is 30.7 Å². The van der Waals surface area contributed by atoms with Crippen molar-refractivity contribution >= 4 is 21.9 Å². The van der Waals surface area contributed by atoms with Crippen LogP contribution in [0.4, 0.5) is 0 Å². The third kappa shape index (κ3) is 2.01. The first-order valence-electron chi connectivity index (χ1n) is 7.68.